The van der Waals surface area contributed by atoms with E-state index in [0.29, 0.717) is 38.9 Å². The van der Waals surface area contributed by atoms with Gasteiger partial charge in [0.15, 0.2) is 9.84 Å². The fourth-order valence-electron chi connectivity index (χ4n) is 4.00. The molecule has 0 N–H and O–H groups in total. The number of carbonyl (C=O) groups excluding carboxylic acids is 2. The Balaban J connectivity index is 1.64. The van der Waals surface area contributed by atoms with Crippen LogP contribution in [0.4, 0.5) is 0 Å². The molecule has 0 radical (unpaired) electrons. The first-order valence-corrected chi connectivity index (χ1v) is 11.5. The lowest BCUT2D eigenvalue weighted by Crippen LogP contribution is -2.47. The summed E-state index contributed by atoms with van der Waals surface area (Å²) in [6.07, 6.45) is 1.85. The van der Waals surface area contributed by atoms with Crippen molar-refractivity contribution in [3.05, 3.63) is 35.9 Å². The number of piperidine rings is 1. The highest BCUT2D eigenvalue weighted by molar-refractivity contribution is 7.91. The van der Waals surface area contributed by atoms with Gasteiger partial charge in [-0.15, -0.1) is 0 Å². The zero-order chi connectivity index (χ0) is 20.1. The summed E-state index contributed by atoms with van der Waals surface area (Å²) >= 11 is 0. The lowest BCUT2D eigenvalue weighted by molar-refractivity contribution is -0.147. The van der Waals surface area contributed by atoms with Gasteiger partial charge >= 0.3 is 5.97 Å². The second-order valence-corrected chi connectivity index (χ2v) is 9.87. The molecule has 1 atom stereocenters. The molecule has 2 fully saturated rings. The molecule has 0 aromatic heterocycles. The number of carbonyl (C=O) groups is 2. The van der Waals surface area contributed by atoms with Crippen molar-refractivity contribution in [3.8, 4) is 0 Å². The van der Waals surface area contributed by atoms with Crippen LogP contribution >= 0.6 is 0 Å². The molecule has 1 aromatic rings. The summed E-state index contributed by atoms with van der Waals surface area (Å²) in [6.45, 7) is 1.98. The monoisotopic (exact) mass is 408 g/mol. The van der Waals surface area contributed by atoms with E-state index in [1.165, 1.54) is 7.11 Å². The highest BCUT2D eigenvalue weighted by Crippen LogP contribution is 2.22. The molecule has 0 spiro atoms. The standard InChI is InChI=1S/C20H28N2O5S/c1-27-20(24)17-7-10-21(11-8-17)14-19(23)22(13-16-5-3-2-4-6-16)18-9-12-28(25,26)15-18/h2-6,17-18H,7-15H2,1H3/t18-/m0/s1. The molecule has 0 unspecified atom stereocenters. The van der Waals surface area contributed by atoms with Crippen molar-refractivity contribution in [1.82, 2.24) is 9.80 Å². The zero-order valence-corrected chi connectivity index (χ0v) is 17.1. The van der Waals surface area contributed by atoms with Gasteiger partial charge in [0.1, 0.15) is 0 Å². The number of nitrogens with zero attached hydrogens (tertiary/aromatic N) is 2. The van der Waals surface area contributed by atoms with Crippen LogP contribution in [0.5, 0.6) is 0 Å². The van der Waals surface area contributed by atoms with Gasteiger partial charge in [0, 0.05) is 12.6 Å². The van der Waals surface area contributed by atoms with Crippen molar-refractivity contribution in [2.75, 3.05) is 38.2 Å². The van der Waals surface area contributed by atoms with Crippen LogP contribution in [-0.2, 0) is 30.7 Å². The Morgan fingerprint density at radius 1 is 1.14 bits per heavy atom. The van der Waals surface area contributed by atoms with E-state index in [9.17, 15) is 18.0 Å². The third-order valence-corrected chi connectivity index (χ3v) is 7.40. The second-order valence-electron chi connectivity index (χ2n) is 7.64. The maximum atomic E-state index is 13.1. The number of hydrogen-bond acceptors (Lipinski definition) is 6. The van der Waals surface area contributed by atoms with Crippen molar-refractivity contribution in [2.24, 2.45) is 5.92 Å². The van der Waals surface area contributed by atoms with Gasteiger partial charge in [0.05, 0.1) is 31.1 Å². The van der Waals surface area contributed by atoms with E-state index in [1.54, 1.807) is 4.90 Å². The van der Waals surface area contributed by atoms with Gasteiger partial charge in [-0.25, -0.2) is 8.42 Å². The number of sulfone groups is 1. The SMILES string of the molecule is COC(=O)C1CCN(CC(=O)N(Cc2ccccc2)[C@H]2CCS(=O)(=O)C2)CC1. The molecule has 2 heterocycles. The van der Waals surface area contributed by atoms with Crippen LogP contribution in [-0.4, -0.2) is 74.4 Å². The predicted molar refractivity (Wildman–Crippen MR) is 105 cm³/mol. The predicted octanol–water partition coefficient (Wildman–Crippen LogP) is 1.09. The van der Waals surface area contributed by atoms with E-state index < -0.39 is 9.84 Å². The maximum absolute atomic E-state index is 13.1. The maximum Gasteiger partial charge on any atom is 0.308 e. The number of methoxy groups -OCH3 is 1. The molecule has 7 nitrogen and oxygen atoms in total. The van der Waals surface area contributed by atoms with Crippen molar-refractivity contribution in [2.45, 2.75) is 31.8 Å². The Bertz CT molecular complexity index is 788. The van der Waals surface area contributed by atoms with Crippen LogP contribution in [0.1, 0.15) is 24.8 Å². The molecule has 2 aliphatic rings. The first-order chi connectivity index (χ1) is 13.4. The van der Waals surface area contributed by atoms with Crippen molar-refractivity contribution in [1.29, 1.82) is 0 Å². The van der Waals surface area contributed by atoms with E-state index in [-0.39, 0.29) is 41.9 Å². The Kier molecular flexibility index (Phi) is 6.72. The number of likely N-dealkylation sites (tertiary alicyclic amines) is 1. The molecule has 2 saturated heterocycles. The minimum Gasteiger partial charge on any atom is -0.469 e. The van der Waals surface area contributed by atoms with Crippen molar-refractivity contribution >= 4 is 21.7 Å². The highest BCUT2D eigenvalue weighted by atomic mass is 32.2. The van der Waals surface area contributed by atoms with Gasteiger partial charge in [0.2, 0.25) is 5.91 Å². The summed E-state index contributed by atoms with van der Waals surface area (Å²) < 4.78 is 28.7. The lowest BCUT2D eigenvalue weighted by atomic mass is 9.97. The molecule has 8 heteroatoms. The Morgan fingerprint density at radius 2 is 1.82 bits per heavy atom. The minimum atomic E-state index is -3.08. The Labute approximate surface area is 166 Å². The molecule has 0 saturated carbocycles. The second kappa shape index (κ2) is 9.05. The third kappa shape index (κ3) is 5.32. The quantitative estimate of drug-likeness (QED) is 0.655. The largest absolute Gasteiger partial charge is 0.469 e. The molecule has 1 amide bonds. The number of esters is 1. The van der Waals surface area contributed by atoms with Crippen LogP contribution in [0.25, 0.3) is 0 Å². The molecular formula is C20H28N2O5S. The molecule has 0 aliphatic carbocycles. The van der Waals surface area contributed by atoms with Crippen LogP contribution in [0, 0.1) is 5.92 Å². The van der Waals surface area contributed by atoms with E-state index in [2.05, 4.69) is 0 Å². The number of rotatable bonds is 6. The van der Waals surface area contributed by atoms with Crippen molar-refractivity contribution in [3.63, 3.8) is 0 Å². The normalized spacial score (nSPS) is 22.7. The Hall–Kier alpha value is -1.93. The van der Waals surface area contributed by atoms with Gasteiger partial charge < -0.3 is 9.64 Å². The van der Waals surface area contributed by atoms with E-state index in [1.807, 2.05) is 35.2 Å². The molecule has 2 aliphatic heterocycles. The summed E-state index contributed by atoms with van der Waals surface area (Å²) in [4.78, 5) is 28.5. The third-order valence-electron chi connectivity index (χ3n) is 5.65. The molecule has 3 rings (SSSR count). The van der Waals surface area contributed by atoms with Gasteiger partial charge in [-0.3, -0.25) is 14.5 Å². The molecule has 154 valence electrons. The average Bonchev–Trinajstić information content (AvgIpc) is 3.06. The summed E-state index contributed by atoms with van der Waals surface area (Å²) in [6, 6.07) is 9.38. The van der Waals surface area contributed by atoms with Crippen LogP contribution < -0.4 is 0 Å². The van der Waals surface area contributed by atoms with Crippen molar-refractivity contribution < 1.29 is 22.7 Å². The smallest absolute Gasteiger partial charge is 0.308 e. The fourth-order valence-corrected chi connectivity index (χ4v) is 5.73. The van der Waals surface area contributed by atoms with E-state index >= 15 is 0 Å². The lowest BCUT2D eigenvalue weighted by Gasteiger charge is -2.34. The molecule has 1 aromatic carbocycles. The molecule has 28 heavy (non-hydrogen) atoms. The number of benzene rings is 1. The fraction of sp³-hybridized carbons (Fsp3) is 0.600. The van der Waals surface area contributed by atoms with Crippen LogP contribution in [0.15, 0.2) is 30.3 Å². The molecular weight excluding hydrogens is 380 g/mol. The van der Waals surface area contributed by atoms with Gasteiger partial charge in [-0.2, -0.15) is 0 Å². The molecule has 0 bridgehead atoms. The summed E-state index contributed by atoms with van der Waals surface area (Å²) in [5, 5.41) is 0. The van der Waals surface area contributed by atoms with Gasteiger partial charge in [-0.05, 0) is 37.9 Å². The van der Waals surface area contributed by atoms with Crippen LogP contribution in [0.2, 0.25) is 0 Å². The van der Waals surface area contributed by atoms with E-state index in [0.717, 1.165) is 5.56 Å². The summed E-state index contributed by atoms with van der Waals surface area (Å²) in [5.74, 6) is -0.163. The van der Waals surface area contributed by atoms with Crippen LogP contribution in [0.3, 0.4) is 0 Å². The highest BCUT2D eigenvalue weighted by Gasteiger charge is 2.35. The zero-order valence-electron chi connectivity index (χ0n) is 16.2. The van der Waals surface area contributed by atoms with Gasteiger partial charge in [-0.1, -0.05) is 30.3 Å². The minimum absolute atomic E-state index is 0.0377. The van der Waals surface area contributed by atoms with Gasteiger partial charge in [0.25, 0.3) is 0 Å². The number of ether oxygens (including phenoxy) is 1. The Morgan fingerprint density at radius 3 is 2.39 bits per heavy atom. The van der Waals surface area contributed by atoms with E-state index in [4.69, 9.17) is 4.74 Å². The summed E-state index contributed by atoms with van der Waals surface area (Å²) in [5.41, 5.74) is 0.990. The average molecular weight is 409 g/mol. The first kappa shape index (κ1) is 20.8. The first-order valence-electron chi connectivity index (χ1n) is 9.72. The number of hydrogen-bond donors (Lipinski definition) is 0. The number of amides is 1. The topological polar surface area (TPSA) is 84.0 Å². The summed E-state index contributed by atoms with van der Waals surface area (Å²) in [7, 11) is -1.68.